The van der Waals surface area contributed by atoms with Gasteiger partial charge in [-0.15, -0.1) is 10.2 Å². The maximum atomic E-state index is 14.5. The van der Waals surface area contributed by atoms with Crippen molar-refractivity contribution in [2.75, 3.05) is 0 Å². The molecule has 0 spiro atoms. The van der Waals surface area contributed by atoms with Crippen molar-refractivity contribution in [3.8, 4) is 17.2 Å². The summed E-state index contributed by atoms with van der Waals surface area (Å²) in [7, 11) is 0. The van der Waals surface area contributed by atoms with Gasteiger partial charge in [-0.3, -0.25) is 4.79 Å². The number of aromatic hydroxyl groups is 1. The Bertz CT molecular complexity index is 1610. The highest BCUT2D eigenvalue weighted by Gasteiger charge is 2.42. The Morgan fingerprint density at radius 1 is 1.00 bits per heavy atom. The lowest BCUT2D eigenvalue weighted by molar-refractivity contribution is -0.143. The van der Waals surface area contributed by atoms with Gasteiger partial charge in [0.2, 0.25) is 5.89 Å². The lowest BCUT2D eigenvalue weighted by Gasteiger charge is -2.15. The molecule has 0 radical (unpaired) electrons. The number of ketones is 1. The summed E-state index contributed by atoms with van der Waals surface area (Å²) in [6.07, 6.45) is -4.96. The molecule has 1 N–H and O–H groups in total. The summed E-state index contributed by atoms with van der Waals surface area (Å²) in [6, 6.07) is 16.5. The van der Waals surface area contributed by atoms with Crippen molar-refractivity contribution in [2.45, 2.75) is 12.7 Å². The molecule has 5 aromatic rings. The molecule has 11 heteroatoms. The second kappa shape index (κ2) is 9.00. The summed E-state index contributed by atoms with van der Waals surface area (Å²) in [6.45, 7) is -0.321. The second-order valence-corrected chi connectivity index (χ2v) is 8.70. The molecule has 0 aliphatic carbocycles. The van der Waals surface area contributed by atoms with Crippen LogP contribution in [0.15, 0.2) is 71.1 Å². The van der Waals surface area contributed by atoms with Crippen LogP contribution in [0.4, 0.5) is 13.2 Å². The number of carbonyl (C=O) groups excluding carboxylic acids is 1. The number of nitrogens with zero attached hydrogens (tertiary/aromatic N) is 3. The van der Waals surface area contributed by atoms with Crippen LogP contribution in [0.5, 0.6) is 5.75 Å². The van der Waals surface area contributed by atoms with E-state index in [2.05, 4.69) is 10.2 Å². The lowest BCUT2D eigenvalue weighted by atomic mass is 10.1. The number of fused-ring (bicyclic) bond motifs is 1. The van der Waals surface area contributed by atoms with Crippen molar-refractivity contribution < 1.29 is 27.5 Å². The summed E-state index contributed by atoms with van der Waals surface area (Å²) in [5.74, 6) is -2.09. The Labute approximate surface area is 211 Å². The van der Waals surface area contributed by atoms with Crippen LogP contribution in [-0.2, 0) is 12.7 Å². The van der Waals surface area contributed by atoms with Crippen LogP contribution in [0.1, 0.15) is 27.5 Å². The fourth-order valence-corrected chi connectivity index (χ4v) is 4.44. The Hall–Kier alpha value is -3.82. The fourth-order valence-electron chi connectivity index (χ4n) is 3.97. The Morgan fingerprint density at radius 2 is 1.75 bits per heavy atom. The minimum absolute atomic E-state index is 0.0213. The molecular weight excluding hydrogens is 518 g/mol. The standard InChI is InChI=1S/C25H14Cl2F3N3O3/c26-15-7-6-14(18(27)10-15)12-33-19-9-8-16(34)11-17(19)20(22(33)25(28,29)30)21(35)24-32-31-23(36-24)13-4-2-1-3-5-13/h1-11,34H,12H2. The summed E-state index contributed by atoms with van der Waals surface area (Å²) in [5, 5.41) is 17.9. The predicted octanol–water partition coefficient (Wildman–Crippen LogP) is 7.00. The van der Waals surface area contributed by atoms with Crippen LogP contribution in [0.25, 0.3) is 22.4 Å². The van der Waals surface area contributed by atoms with E-state index in [9.17, 15) is 23.1 Å². The van der Waals surface area contributed by atoms with Gasteiger partial charge in [0.1, 0.15) is 11.4 Å². The molecule has 0 fully saturated rings. The number of aromatic nitrogens is 3. The normalized spacial score (nSPS) is 11.8. The van der Waals surface area contributed by atoms with Crippen LogP contribution >= 0.6 is 23.2 Å². The van der Waals surface area contributed by atoms with Crippen LogP contribution in [-0.4, -0.2) is 25.7 Å². The van der Waals surface area contributed by atoms with E-state index in [1.165, 1.54) is 30.3 Å². The van der Waals surface area contributed by atoms with Gasteiger partial charge < -0.3 is 14.1 Å². The molecule has 0 saturated heterocycles. The number of halogens is 5. The molecule has 2 aromatic heterocycles. The third-order valence-corrected chi connectivity index (χ3v) is 6.11. The van der Waals surface area contributed by atoms with Gasteiger partial charge in [-0.2, -0.15) is 13.2 Å². The maximum absolute atomic E-state index is 14.5. The zero-order valence-corrected chi connectivity index (χ0v) is 19.6. The zero-order chi connectivity index (χ0) is 25.6. The lowest BCUT2D eigenvalue weighted by Crippen LogP contribution is -2.19. The molecule has 6 nitrogen and oxygen atoms in total. The molecule has 0 atom stereocenters. The molecule has 0 saturated carbocycles. The highest BCUT2D eigenvalue weighted by Crippen LogP contribution is 2.41. The van der Waals surface area contributed by atoms with E-state index in [-0.39, 0.29) is 34.1 Å². The fraction of sp³-hybridized carbons (Fsp3) is 0.0800. The number of hydrogen-bond acceptors (Lipinski definition) is 5. The van der Waals surface area contributed by atoms with E-state index >= 15 is 0 Å². The highest BCUT2D eigenvalue weighted by atomic mass is 35.5. The minimum atomic E-state index is -4.96. The van der Waals surface area contributed by atoms with Gasteiger partial charge in [0.25, 0.3) is 11.7 Å². The number of carbonyl (C=O) groups is 1. The molecule has 0 aliphatic rings. The molecule has 0 aliphatic heterocycles. The average molecular weight is 532 g/mol. The number of alkyl halides is 3. The van der Waals surface area contributed by atoms with Gasteiger partial charge in [0.15, 0.2) is 0 Å². The first-order valence-corrected chi connectivity index (χ1v) is 11.2. The van der Waals surface area contributed by atoms with Gasteiger partial charge in [-0.25, -0.2) is 0 Å². The van der Waals surface area contributed by atoms with Gasteiger partial charge in [0.05, 0.1) is 5.56 Å². The third kappa shape index (κ3) is 4.31. The Morgan fingerprint density at radius 3 is 2.44 bits per heavy atom. The summed E-state index contributed by atoms with van der Waals surface area (Å²) < 4.78 is 49.9. The minimum Gasteiger partial charge on any atom is -0.508 e. The summed E-state index contributed by atoms with van der Waals surface area (Å²) in [4.78, 5) is 13.4. The van der Waals surface area contributed by atoms with Crippen molar-refractivity contribution in [1.82, 2.24) is 14.8 Å². The van der Waals surface area contributed by atoms with Crippen LogP contribution in [0.2, 0.25) is 10.0 Å². The van der Waals surface area contributed by atoms with E-state index in [1.807, 2.05) is 0 Å². The second-order valence-electron chi connectivity index (χ2n) is 7.85. The van der Waals surface area contributed by atoms with Gasteiger partial charge in [-0.05, 0) is 48.0 Å². The molecule has 36 heavy (non-hydrogen) atoms. The molecular formula is C25H14Cl2F3N3O3. The molecule has 3 aromatic carbocycles. The van der Waals surface area contributed by atoms with Crippen molar-refractivity contribution in [1.29, 1.82) is 0 Å². The predicted molar refractivity (Wildman–Crippen MR) is 127 cm³/mol. The first-order chi connectivity index (χ1) is 17.1. The average Bonchev–Trinajstić information content (AvgIpc) is 3.44. The van der Waals surface area contributed by atoms with Gasteiger partial charge >= 0.3 is 6.18 Å². The van der Waals surface area contributed by atoms with Crippen LogP contribution < -0.4 is 0 Å². The van der Waals surface area contributed by atoms with Crippen molar-refractivity contribution in [2.24, 2.45) is 0 Å². The molecule has 5 rings (SSSR count). The van der Waals surface area contributed by atoms with Crippen molar-refractivity contribution >= 4 is 39.9 Å². The van der Waals surface area contributed by atoms with E-state index in [4.69, 9.17) is 27.6 Å². The Kier molecular flexibility index (Phi) is 5.97. The largest absolute Gasteiger partial charge is 0.508 e. The number of phenols is 1. The van der Waals surface area contributed by atoms with E-state index in [1.54, 1.807) is 30.3 Å². The summed E-state index contributed by atoms with van der Waals surface area (Å²) in [5.41, 5.74) is -1.06. The van der Waals surface area contributed by atoms with E-state index in [0.29, 0.717) is 16.1 Å². The van der Waals surface area contributed by atoms with E-state index < -0.39 is 29.1 Å². The van der Waals surface area contributed by atoms with E-state index in [0.717, 1.165) is 10.6 Å². The molecule has 0 bridgehead atoms. The van der Waals surface area contributed by atoms with Gasteiger partial charge in [-0.1, -0.05) is 47.5 Å². The topological polar surface area (TPSA) is 81.2 Å². The Balaban J connectivity index is 1.71. The first kappa shape index (κ1) is 23.9. The molecule has 0 unspecified atom stereocenters. The van der Waals surface area contributed by atoms with Crippen molar-refractivity contribution in [3.05, 3.63) is 99.5 Å². The van der Waals surface area contributed by atoms with Crippen LogP contribution in [0, 0.1) is 0 Å². The van der Waals surface area contributed by atoms with Crippen LogP contribution in [0.3, 0.4) is 0 Å². The quantitative estimate of drug-likeness (QED) is 0.247. The number of rotatable bonds is 5. The maximum Gasteiger partial charge on any atom is 0.432 e. The molecule has 182 valence electrons. The smallest absolute Gasteiger partial charge is 0.432 e. The highest BCUT2D eigenvalue weighted by molar-refractivity contribution is 6.35. The van der Waals surface area contributed by atoms with Crippen molar-refractivity contribution in [3.63, 3.8) is 0 Å². The monoisotopic (exact) mass is 531 g/mol. The molecule has 0 amide bonds. The van der Waals surface area contributed by atoms with Gasteiger partial charge in [0, 0.05) is 33.1 Å². The zero-order valence-electron chi connectivity index (χ0n) is 18.1. The summed E-state index contributed by atoms with van der Waals surface area (Å²) >= 11 is 12.2. The number of benzene rings is 3. The third-order valence-electron chi connectivity index (χ3n) is 5.53. The number of phenolic OH excluding ortho intramolecular Hbond substituents is 1. The first-order valence-electron chi connectivity index (χ1n) is 10.4. The molecule has 2 heterocycles. The SMILES string of the molecule is O=C(c1nnc(-c2ccccc2)o1)c1c(C(F)(F)F)n(Cc2ccc(Cl)cc2Cl)c2ccc(O)cc12. The number of hydrogen-bond donors (Lipinski definition) is 1.